The third kappa shape index (κ3) is 2.60. The number of rotatable bonds is 2. The molecule has 3 rings (SSSR count). The largest absolute Gasteiger partial charge is 0.416 e. The Balaban J connectivity index is 2.46. The number of aryl methyl sites for hydroxylation is 1. The zero-order valence-electron chi connectivity index (χ0n) is 12.8. The fourth-order valence-electron chi connectivity index (χ4n) is 2.54. The summed E-state index contributed by atoms with van der Waals surface area (Å²) in [6.45, 7) is 1.67. The second-order valence-corrected chi connectivity index (χ2v) is 5.17. The summed E-state index contributed by atoms with van der Waals surface area (Å²) in [5.74, 6) is 0.224. The molecule has 0 saturated heterocycles. The molecule has 2 heterocycles. The standard InChI is InChI=1S/C16H13F3N4O/c1-9-12(4-3-7-21-9)23-13-8-10(16(17,18)19)5-6-11(13)14(20-2)22-15(23)24/h3-8H,1-2H3,(H,20,22,24). The van der Waals surface area contributed by atoms with Crippen molar-refractivity contribution in [3.05, 3.63) is 58.3 Å². The van der Waals surface area contributed by atoms with E-state index in [-0.39, 0.29) is 11.3 Å². The first kappa shape index (κ1) is 16.0. The lowest BCUT2D eigenvalue weighted by Gasteiger charge is -2.15. The van der Waals surface area contributed by atoms with E-state index in [0.717, 1.165) is 16.7 Å². The average molecular weight is 334 g/mol. The molecule has 2 aromatic heterocycles. The molecule has 0 radical (unpaired) electrons. The predicted octanol–water partition coefficient (Wildman–Crippen LogP) is 3.15. The Hall–Kier alpha value is -2.90. The fraction of sp³-hybridized carbons (Fsp3) is 0.188. The fourth-order valence-corrected chi connectivity index (χ4v) is 2.54. The van der Waals surface area contributed by atoms with E-state index in [2.05, 4.69) is 15.3 Å². The summed E-state index contributed by atoms with van der Waals surface area (Å²) in [6.07, 6.45) is -2.97. The van der Waals surface area contributed by atoms with Crippen LogP contribution in [-0.2, 0) is 6.18 Å². The van der Waals surface area contributed by atoms with Crippen LogP contribution in [0.25, 0.3) is 16.6 Å². The maximum Gasteiger partial charge on any atom is 0.416 e. The summed E-state index contributed by atoms with van der Waals surface area (Å²) in [7, 11) is 1.55. The first-order valence-corrected chi connectivity index (χ1v) is 7.06. The molecule has 0 aliphatic carbocycles. The average Bonchev–Trinajstić information content (AvgIpc) is 2.54. The van der Waals surface area contributed by atoms with E-state index < -0.39 is 17.4 Å². The molecule has 3 aromatic rings. The van der Waals surface area contributed by atoms with Crippen LogP contribution < -0.4 is 11.0 Å². The van der Waals surface area contributed by atoms with Gasteiger partial charge in [-0.1, -0.05) is 0 Å². The highest BCUT2D eigenvalue weighted by Crippen LogP contribution is 2.33. The molecular formula is C16H13F3N4O. The van der Waals surface area contributed by atoms with Crippen molar-refractivity contribution in [2.75, 3.05) is 12.4 Å². The lowest BCUT2D eigenvalue weighted by Crippen LogP contribution is -2.24. The molecule has 24 heavy (non-hydrogen) atoms. The molecule has 1 N–H and O–H groups in total. The van der Waals surface area contributed by atoms with Crippen molar-refractivity contribution in [3.63, 3.8) is 0 Å². The van der Waals surface area contributed by atoms with Gasteiger partial charge in [0.2, 0.25) is 0 Å². The van der Waals surface area contributed by atoms with E-state index in [4.69, 9.17) is 0 Å². The van der Waals surface area contributed by atoms with Gasteiger partial charge in [0.15, 0.2) is 0 Å². The number of alkyl halides is 3. The van der Waals surface area contributed by atoms with E-state index in [1.54, 1.807) is 32.3 Å². The Bertz CT molecular complexity index is 979. The van der Waals surface area contributed by atoms with Crippen LogP contribution in [0.4, 0.5) is 19.0 Å². The van der Waals surface area contributed by atoms with Gasteiger partial charge in [-0.05, 0) is 37.3 Å². The molecule has 0 aliphatic heterocycles. The second-order valence-electron chi connectivity index (χ2n) is 5.17. The number of anilines is 1. The van der Waals surface area contributed by atoms with Crippen LogP contribution in [0.5, 0.6) is 0 Å². The van der Waals surface area contributed by atoms with Gasteiger partial charge in [0.25, 0.3) is 0 Å². The van der Waals surface area contributed by atoms with Crippen molar-refractivity contribution in [2.45, 2.75) is 13.1 Å². The number of fused-ring (bicyclic) bond motifs is 1. The summed E-state index contributed by atoms with van der Waals surface area (Å²) in [6, 6.07) is 6.45. The van der Waals surface area contributed by atoms with E-state index in [1.807, 2.05) is 0 Å². The van der Waals surface area contributed by atoms with Gasteiger partial charge in [0.05, 0.1) is 22.5 Å². The first-order valence-electron chi connectivity index (χ1n) is 7.06. The van der Waals surface area contributed by atoms with Gasteiger partial charge in [-0.25, -0.2) is 4.79 Å². The normalized spacial score (nSPS) is 11.7. The number of nitrogens with zero attached hydrogens (tertiary/aromatic N) is 3. The molecule has 5 nitrogen and oxygen atoms in total. The van der Waals surface area contributed by atoms with Crippen LogP contribution in [0.3, 0.4) is 0 Å². The van der Waals surface area contributed by atoms with Crippen molar-refractivity contribution in [1.82, 2.24) is 14.5 Å². The van der Waals surface area contributed by atoms with Gasteiger partial charge in [-0.15, -0.1) is 0 Å². The Morgan fingerprint density at radius 2 is 1.96 bits per heavy atom. The van der Waals surface area contributed by atoms with Crippen molar-refractivity contribution in [3.8, 4) is 5.69 Å². The second kappa shape index (κ2) is 5.63. The van der Waals surface area contributed by atoms with Gasteiger partial charge in [0.1, 0.15) is 5.82 Å². The number of pyridine rings is 1. The van der Waals surface area contributed by atoms with Crippen LogP contribution in [0.1, 0.15) is 11.3 Å². The van der Waals surface area contributed by atoms with Gasteiger partial charge >= 0.3 is 11.9 Å². The summed E-state index contributed by atoms with van der Waals surface area (Å²) in [5, 5.41) is 3.15. The Labute approximate surface area is 134 Å². The highest BCUT2D eigenvalue weighted by Gasteiger charge is 2.31. The number of halogens is 3. The smallest absolute Gasteiger partial charge is 0.372 e. The summed E-state index contributed by atoms with van der Waals surface area (Å²) >= 11 is 0. The van der Waals surface area contributed by atoms with Gasteiger partial charge in [0, 0.05) is 18.6 Å². The monoisotopic (exact) mass is 334 g/mol. The van der Waals surface area contributed by atoms with Gasteiger partial charge in [-0.3, -0.25) is 9.55 Å². The van der Waals surface area contributed by atoms with Crippen LogP contribution in [0.2, 0.25) is 0 Å². The molecule has 124 valence electrons. The van der Waals surface area contributed by atoms with Gasteiger partial charge < -0.3 is 5.32 Å². The topological polar surface area (TPSA) is 59.8 Å². The molecule has 0 aliphatic rings. The van der Waals surface area contributed by atoms with Crippen molar-refractivity contribution in [2.24, 2.45) is 0 Å². The molecular weight excluding hydrogens is 321 g/mol. The summed E-state index contributed by atoms with van der Waals surface area (Å²) in [5.41, 5.74) is -0.496. The number of benzene rings is 1. The third-order valence-corrected chi connectivity index (χ3v) is 3.68. The minimum Gasteiger partial charge on any atom is -0.372 e. The Kier molecular flexibility index (Phi) is 3.75. The predicted molar refractivity (Wildman–Crippen MR) is 84.4 cm³/mol. The molecule has 8 heteroatoms. The minimum atomic E-state index is -4.51. The quantitative estimate of drug-likeness (QED) is 0.782. The molecule has 0 spiro atoms. The third-order valence-electron chi connectivity index (χ3n) is 3.68. The number of aromatic nitrogens is 3. The molecule has 0 saturated carbocycles. The zero-order chi connectivity index (χ0) is 17.5. The van der Waals surface area contributed by atoms with E-state index >= 15 is 0 Å². The SMILES string of the molecule is CNc1nc(=O)n(-c2cccnc2C)c2cc(C(F)(F)F)ccc12. The molecule has 0 unspecified atom stereocenters. The number of hydrogen-bond donors (Lipinski definition) is 1. The molecule has 0 atom stereocenters. The summed E-state index contributed by atoms with van der Waals surface area (Å²) < 4.78 is 40.4. The Morgan fingerprint density at radius 3 is 2.58 bits per heavy atom. The van der Waals surface area contributed by atoms with E-state index in [0.29, 0.717) is 16.8 Å². The van der Waals surface area contributed by atoms with Gasteiger partial charge in [-0.2, -0.15) is 18.2 Å². The lowest BCUT2D eigenvalue weighted by atomic mass is 10.1. The molecule has 1 aromatic carbocycles. The van der Waals surface area contributed by atoms with Crippen LogP contribution in [0.15, 0.2) is 41.3 Å². The molecule has 0 fully saturated rings. The van der Waals surface area contributed by atoms with Crippen LogP contribution in [0, 0.1) is 6.92 Å². The highest BCUT2D eigenvalue weighted by molar-refractivity contribution is 5.90. The first-order chi connectivity index (χ1) is 11.3. The molecule has 0 bridgehead atoms. The highest BCUT2D eigenvalue weighted by atomic mass is 19.4. The van der Waals surface area contributed by atoms with Crippen LogP contribution in [-0.4, -0.2) is 21.6 Å². The number of nitrogens with one attached hydrogen (secondary N) is 1. The van der Waals surface area contributed by atoms with E-state index in [9.17, 15) is 18.0 Å². The van der Waals surface area contributed by atoms with Crippen molar-refractivity contribution < 1.29 is 13.2 Å². The maximum atomic E-state index is 13.1. The van der Waals surface area contributed by atoms with Crippen molar-refractivity contribution >= 4 is 16.7 Å². The lowest BCUT2D eigenvalue weighted by molar-refractivity contribution is -0.137. The van der Waals surface area contributed by atoms with E-state index in [1.165, 1.54) is 6.07 Å². The summed E-state index contributed by atoms with van der Waals surface area (Å²) in [4.78, 5) is 20.4. The number of hydrogen-bond acceptors (Lipinski definition) is 4. The molecule has 0 amide bonds. The maximum absolute atomic E-state index is 13.1. The van der Waals surface area contributed by atoms with Crippen LogP contribution >= 0.6 is 0 Å². The Morgan fingerprint density at radius 1 is 1.21 bits per heavy atom. The zero-order valence-corrected chi connectivity index (χ0v) is 12.8. The van der Waals surface area contributed by atoms with Crippen molar-refractivity contribution in [1.29, 1.82) is 0 Å². The minimum absolute atomic E-state index is 0.116.